The minimum Gasteiger partial charge on any atom is -0.378 e. The SMILES string of the molecule is CN(C)c1ccc(/C=C/c2cc[n+](C)cc2)cc1.[BH3-]c1c(F)c(F)c(F)c(F)c1F. The topological polar surface area (TPSA) is 7.12 Å². The van der Waals surface area contributed by atoms with Crippen molar-refractivity contribution < 1.29 is 26.5 Å². The van der Waals surface area contributed by atoms with E-state index >= 15 is 0 Å². The molecule has 2 nitrogen and oxygen atoms in total. The predicted molar refractivity (Wildman–Crippen MR) is 113 cm³/mol. The van der Waals surface area contributed by atoms with Gasteiger partial charge in [-0.05, 0) is 31.1 Å². The average molecular weight is 420 g/mol. The van der Waals surface area contributed by atoms with Crippen LogP contribution in [-0.2, 0) is 7.05 Å². The van der Waals surface area contributed by atoms with Gasteiger partial charge in [0.25, 0.3) is 0 Å². The third-order valence-electron chi connectivity index (χ3n) is 3.87. The van der Waals surface area contributed by atoms with Gasteiger partial charge in [0.05, 0.1) is 0 Å². The van der Waals surface area contributed by atoms with E-state index in [1.165, 1.54) is 16.8 Å². The van der Waals surface area contributed by atoms with Crippen LogP contribution in [0.2, 0.25) is 0 Å². The molecule has 0 radical (unpaired) electrons. The highest BCUT2D eigenvalue weighted by Crippen LogP contribution is 2.15. The van der Waals surface area contributed by atoms with Crippen LogP contribution in [0.4, 0.5) is 27.6 Å². The Morgan fingerprint density at radius 3 is 1.53 bits per heavy atom. The fraction of sp³-hybridized carbons (Fsp3) is 0.136. The minimum absolute atomic E-state index is 0.619. The summed E-state index contributed by atoms with van der Waals surface area (Å²) < 4.78 is 63.8. The molecule has 1 heterocycles. The highest BCUT2D eigenvalue weighted by Gasteiger charge is 2.19. The lowest BCUT2D eigenvalue weighted by molar-refractivity contribution is -0.671. The van der Waals surface area contributed by atoms with Gasteiger partial charge in [-0.15, -0.1) is 5.46 Å². The Balaban J connectivity index is 0.000000232. The first kappa shape index (κ1) is 23.1. The third-order valence-corrected chi connectivity index (χ3v) is 3.87. The number of hydrogen-bond acceptors (Lipinski definition) is 1. The molecular weight excluding hydrogens is 398 g/mol. The second kappa shape index (κ2) is 10.0. The van der Waals surface area contributed by atoms with Gasteiger partial charge >= 0.3 is 0 Å². The molecule has 158 valence electrons. The second-order valence-electron chi connectivity index (χ2n) is 6.31. The molecule has 0 bridgehead atoms. The molecule has 0 spiro atoms. The first-order chi connectivity index (χ1) is 14.1. The van der Waals surface area contributed by atoms with Crippen LogP contribution in [0, 0.1) is 29.1 Å². The summed E-state index contributed by atoms with van der Waals surface area (Å²) in [5.74, 6) is -9.13. The number of pyridine rings is 1. The lowest BCUT2D eigenvalue weighted by Crippen LogP contribution is -2.25. The van der Waals surface area contributed by atoms with Gasteiger partial charge in [-0.3, -0.25) is 0 Å². The van der Waals surface area contributed by atoms with E-state index in [0.29, 0.717) is 0 Å². The molecule has 30 heavy (non-hydrogen) atoms. The maximum absolute atomic E-state index is 12.5. The van der Waals surface area contributed by atoms with Gasteiger partial charge in [0.15, 0.2) is 29.8 Å². The van der Waals surface area contributed by atoms with Gasteiger partial charge in [0, 0.05) is 31.9 Å². The molecule has 0 N–H and O–H groups in total. The molecule has 1 aromatic heterocycles. The summed E-state index contributed by atoms with van der Waals surface area (Å²) in [4.78, 5) is 2.10. The molecule has 0 saturated carbocycles. The molecular formula is C22H22BF5N2. The van der Waals surface area contributed by atoms with Gasteiger partial charge < -0.3 is 4.90 Å². The van der Waals surface area contributed by atoms with Gasteiger partial charge in [-0.1, -0.05) is 24.3 Å². The summed E-state index contributed by atoms with van der Waals surface area (Å²) in [5, 5.41) is 0. The number of benzene rings is 2. The largest absolute Gasteiger partial charge is 0.378 e. The number of nitrogens with zero attached hydrogens (tertiary/aromatic N) is 2. The van der Waals surface area contributed by atoms with E-state index in [-0.39, 0.29) is 0 Å². The highest BCUT2D eigenvalue weighted by atomic mass is 19.2. The normalized spacial score (nSPS) is 10.7. The molecule has 2 aromatic carbocycles. The summed E-state index contributed by atoms with van der Waals surface area (Å²) in [5.41, 5.74) is 3.03. The van der Waals surface area contributed by atoms with Crippen LogP contribution in [-0.4, -0.2) is 21.9 Å². The Morgan fingerprint density at radius 2 is 1.10 bits per heavy atom. The van der Waals surface area contributed by atoms with Crippen molar-refractivity contribution in [2.24, 2.45) is 7.05 Å². The molecule has 3 aromatic rings. The number of anilines is 1. The quantitative estimate of drug-likeness (QED) is 0.208. The van der Waals surface area contributed by atoms with Crippen molar-refractivity contribution in [3.63, 3.8) is 0 Å². The molecule has 3 rings (SSSR count). The van der Waals surface area contributed by atoms with E-state index in [9.17, 15) is 22.0 Å². The van der Waals surface area contributed by atoms with Crippen molar-refractivity contribution in [1.29, 1.82) is 0 Å². The van der Waals surface area contributed by atoms with Crippen molar-refractivity contribution >= 4 is 31.1 Å². The summed E-state index contributed by atoms with van der Waals surface area (Å²) in [6.07, 6.45) is 8.36. The van der Waals surface area contributed by atoms with Crippen molar-refractivity contribution in [2.45, 2.75) is 0 Å². The molecule has 0 fully saturated rings. The maximum Gasteiger partial charge on any atom is 0.200 e. The van der Waals surface area contributed by atoms with Crippen LogP contribution < -0.4 is 14.9 Å². The van der Waals surface area contributed by atoms with Gasteiger partial charge in [0.2, 0.25) is 0 Å². The molecule has 0 atom stereocenters. The lowest BCUT2D eigenvalue weighted by atomic mass is 9.94. The molecule has 0 amide bonds. The predicted octanol–water partition coefficient (Wildman–Crippen LogP) is 3.12. The molecule has 0 aliphatic heterocycles. The summed E-state index contributed by atoms with van der Waals surface area (Å²) >= 11 is 0. The van der Waals surface area contributed by atoms with Crippen molar-refractivity contribution in [2.75, 3.05) is 19.0 Å². The molecule has 0 saturated heterocycles. The Bertz CT molecular complexity index is 928. The number of rotatable bonds is 3. The molecule has 8 heteroatoms. The monoisotopic (exact) mass is 420 g/mol. The average Bonchev–Trinajstić information content (AvgIpc) is 2.75. The zero-order valence-electron chi connectivity index (χ0n) is 16.1. The maximum atomic E-state index is 12.5. The number of hydrogen-bond donors (Lipinski definition) is 0. The number of aryl methyl sites for hydroxylation is 1. The van der Waals surface area contributed by atoms with Crippen LogP contribution >= 0.6 is 0 Å². The van der Waals surface area contributed by atoms with Gasteiger partial charge in [-0.2, -0.15) is 0 Å². The summed E-state index contributed by atoms with van der Waals surface area (Å²) in [6, 6.07) is 12.7. The minimum atomic E-state index is -2.09. The van der Waals surface area contributed by atoms with E-state index in [2.05, 4.69) is 79.9 Å². The van der Waals surface area contributed by atoms with E-state index in [1.54, 1.807) is 0 Å². The van der Waals surface area contributed by atoms with Crippen LogP contribution in [0.15, 0.2) is 48.8 Å². The Morgan fingerprint density at radius 1 is 0.700 bits per heavy atom. The third kappa shape index (κ3) is 5.69. The number of halogens is 5. The van der Waals surface area contributed by atoms with Gasteiger partial charge in [0.1, 0.15) is 18.7 Å². The van der Waals surface area contributed by atoms with Crippen molar-refractivity contribution in [3.05, 3.63) is 89.0 Å². The summed E-state index contributed by atoms with van der Waals surface area (Å²) in [7, 11) is 5.07. The van der Waals surface area contributed by atoms with E-state index in [0.717, 1.165) is 0 Å². The van der Waals surface area contributed by atoms with E-state index < -0.39 is 42.4 Å². The molecule has 0 unspecified atom stereocenters. The first-order valence-electron chi connectivity index (χ1n) is 8.50. The fourth-order valence-corrected chi connectivity index (χ4v) is 2.19. The van der Waals surface area contributed by atoms with E-state index in [1.807, 2.05) is 11.6 Å². The van der Waals surface area contributed by atoms with Crippen molar-refractivity contribution in [3.8, 4) is 0 Å². The zero-order valence-corrected chi connectivity index (χ0v) is 16.1. The molecule has 0 aliphatic rings. The second-order valence-corrected chi connectivity index (χ2v) is 6.31. The van der Waals surface area contributed by atoms with Crippen LogP contribution in [0.3, 0.4) is 0 Å². The summed E-state index contributed by atoms with van der Waals surface area (Å²) in [6.45, 7) is 0. The molecule has 0 aliphatic carbocycles. The Hall–Kier alpha value is -3.16. The zero-order chi connectivity index (χ0) is 22.4. The lowest BCUT2D eigenvalue weighted by Gasteiger charge is -2.11. The standard InChI is InChI=1S/C16H19N2.C6H3BF5/c1-17(2)16-8-6-14(7-9-16)4-5-15-10-12-18(3)13-11-15;7-1-2(8)4(10)6(12)5(11)3(1)9/h4-13H,1-3H3;7H3/q+1;-1. The van der Waals surface area contributed by atoms with Crippen LogP contribution in [0.25, 0.3) is 12.2 Å². The number of aromatic nitrogens is 1. The first-order valence-corrected chi connectivity index (χ1v) is 8.50. The highest BCUT2D eigenvalue weighted by molar-refractivity contribution is 6.32. The van der Waals surface area contributed by atoms with Crippen LogP contribution in [0.5, 0.6) is 0 Å². The van der Waals surface area contributed by atoms with Gasteiger partial charge in [-0.25, -0.2) is 26.5 Å². The smallest absolute Gasteiger partial charge is 0.200 e. The van der Waals surface area contributed by atoms with E-state index in [4.69, 9.17) is 0 Å². The fourth-order valence-electron chi connectivity index (χ4n) is 2.19. The van der Waals surface area contributed by atoms with Crippen molar-refractivity contribution in [1.82, 2.24) is 0 Å². The Kier molecular flexibility index (Phi) is 7.75. The Labute approximate surface area is 173 Å². The van der Waals surface area contributed by atoms with Crippen LogP contribution in [0.1, 0.15) is 11.1 Å².